The SMILES string of the molecule is COC(=O)C12CCC(CS(=O)(=O)F)(CC1)OC2. The minimum Gasteiger partial charge on any atom is -0.469 e. The van der Waals surface area contributed by atoms with E-state index >= 15 is 0 Å². The molecule has 3 rings (SSSR count). The summed E-state index contributed by atoms with van der Waals surface area (Å²) in [5.74, 6) is -0.939. The van der Waals surface area contributed by atoms with E-state index in [-0.39, 0.29) is 12.6 Å². The number of hydrogen-bond acceptors (Lipinski definition) is 5. The van der Waals surface area contributed by atoms with E-state index < -0.39 is 27.0 Å². The largest absolute Gasteiger partial charge is 0.469 e. The molecule has 0 spiro atoms. The molecule has 0 atom stereocenters. The Morgan fingerprint density at radius 2 is 1.94 bits per heavy atom. The minimum absolute atomic E-state index is 0.120. The van der Waals surface area contributed by atoms with E-state index in [1.165, 1.54) is 7.11 Å². The third-order valence-corrected chi connectivity index (χ3v) is 4.70. The molecule has 3 aliphatic rings. The van der Waals surface area contributed by atoms with Crippen LogP contribution < -0.4 is 0 Å². The third-order valence-electron chi connectivity index (χ3n) is 3.83. The number of fused-ring (bicyclic) bond motifs is 3. The molecule has 0 radical (unpaired) electrons. The lowest BCUT2D eigenvalue weighted by Crippen LogP contribution is -2.56. The van der Waals surface area contributed by atoms with Crippen LogP contribution in [0.2, 0.25) is 0 Å². The van der Waals surface area contributed by atoms with Gasteiger partial charge < -0.3 is 9.47 Å². The highest BCUT2D eigenvalue weighted by atomic mass is 32.3. The highest BCUT2D eigenvalue weighted by Crippen LogP contribution is 2.49. The lowest BCUT2D eigenvalue weighted by atomic mass is 9.66. The summed E-state index contributed by atoms with van der Waals surface area (Å²) in [4.78, 5) is 11.6. The van der Waals surface area contributed by atoms with E-state index in [4.69, 9.17) is 9.47 Å². The number of halogens is 1. The van der Waals surface area contributed by atoms with Crippen LogP contribution in [-0.2, 0) is 24.5 Å². The van der Waals surface area contributed by atoms with Gasteiger partial charge in [-0.15, -0.1) is 3.89 Å². The van der Waals surface area contributed by atoms with Crippen LogP contribution in [0, 0.1) is 5.41 Å². The van der Waals surface area contributed by atoms with Crippen molar-refractivity contribution in [1.29, 1.82) is 0 Å². The van der Waals surface area contributed by atoms with Crippen molar-refractivity contribution in [3.8, 4) is 0 Å². The fraction of sp³-hybridized carbons (Fsp3) is 0.900. The number of carbonyl (C=O) groups excluding carboxylic acids is 1. The molecule has 2 saturated heterocycles. The van der Waals surface area contributed by atoms with Crippen molar-refractivity contribution in [3.63, 3.8) is 0 Å². The number of rotatable bonds is 3. The van der Waals surface area contributed by atoms with Gasteiger partial charge in [-0.3, -0.25) is 4.79 Å². The van der Waals surface area contributed by atoms with E-state index in [1.807, 2.05) is 0 Å². The first-order valence-electron chi connectivity index (χ1n) is 5.46. The van der Waals surface area contributed by atoms with Gasteiger partial charge in [-0.05, 0) is 25.7 Å². The van der Waals surface area contributed by atoms with Gasteiger partial charge in [0, 0.05) is 0 Å². The van der Waals surface area contributed by atoms with Crippen LogP contribution in [0.3, 0.4) is 0 Å². The van der Waals surface area contributed by atoms with Crippen molar-refractivity contribution < 1.29 is 26.6 Å². The molecule has 3 fully saturated rings. The van der Waals surface area contributed by atoms with Crippen LogP contribution in [0.25, 0.3) is 0 Å². The summed E-state index contributed by atoms with van der Waals surface area (Å²) in [5, 5.41) is 0. The quantitative estimate of drug-likeness (QED) is 0.558. The number of methoxy groups -OCH3 is 1. The monoisotopic (exact) mass is 266 g/mol. The van der Waals surface area contributed by atoms with Crippen LogP contribution in [0.15, 0.2) is 0 Å². The van der Waals surface area contributed by atoms with Gasteiger partial charge in [0.1, 0.15) is 5.75 Å². The first-order chi connectivity index (χ1) is 7.81. The molecular formula is C10H15FO5S. The molecule has 2 aliphatic heterocycles. The summed E-state index contributed by atoms with van der Waals surface area (Å²) in [5.41, 5.74) is -1.60. The molecule has 1 aliphatic carbocycles. The molecule has 5 nitrogen and oxygen atoms in total. The maximum atomic E-state index is 12.7. The molecule has 0 N–H and O–H groups in total. The molecule has 0 aromatic heterocycles. The van der Waals surface area contributed by atoms with Crippen molar-refractivity contribution in [3.05, 3.63) is 0 Å². The Kier molecular flexibility index (Phi) is 2.94. The van der Waals surface area contributed by atoms with Crippen LogP contribution in [-0.4, -0.2) is 39.5 Å². The highest BCUT2D eigenvalue weighted by molar-refractivity contribution is 7.86. The van der Waals surface area contributed by atoms with Gasteiger partial charge in [-0.2, -0.15) is 8.42 Å². The summed E-state index contributed by atoms with van der Waals surface area (Å²) in [6.07, 6.45) is 1.75. The summed E-state index contributed by atoms with van der Waals surface area (Å²) in [7, 11) is -3.24. The second kappa shape index (κ2) is 3.91. The standard InChI is InChI=1S/C10H15FO5S/c1-15-8(12)9-2-4-10(5-3-9,16-6-9)7-17(11,13)14/h2-7H2,1H3. The van der Waals surface area contributed by atoms with Gasteiger partial charge >= 0.3 is 16.2 Å². The van der Waals surface area contributed by atoms with E-state index in [1.54, 1.807) is 0 Å². The van der Waals surface area contributed by atoms with Crippen molar-refractivity contribution >= 4 is 16.2 Å². The van der Waals surface area contributed by atoms with E-state index in [0.29, 0.717) is 25.7 Å². The van der Waals surface area contributed by atoms with Gasteiger partial charge in [0.2, 0.25) is 0 Å². The maximum absolute atomic E-state index is 12.7. The van der Waals surface area contributed by atoms with Gasteiger partial charge in [-0.25, -0.2) is 0 Å². The normalized spacial score (nSPS) is 36.8. The van der Waals surface area contributed by atoms with E-state index in [9.17, 15) is 17.1 Å². The van der Waals surface area contributed by atoms with Gasteiger partial charge in [0.25, 0.3) is 0 Å². The van der Waals surface area contributed by atoms with Gasteiger partial charge in [-0.1, -0.05) is 0 Å². The van der Waals surface area contributed by atoms with Crippen molar-refractivity contribution in [1.82, 2.24) is 0 Å². The topological polar surface area (TPSA) is 69.7 Å². The van der Waals surface area contributed by atoms with Crippen molar-refractivity contribution in [2.75, 3.05) is 19.5 Å². The lowest BCUT2D eigenvalue weighted by molar-refractivity contribution is -0.197. The molecule has 0 aromatic rings. The fourth-order valence-corrected chi connectivity index (χ4v) is 3.74. The maximum Gasteiger partial charge on any atom is 0.314 e. The molecule has 0 amide bonds. The highest BCUT2D eigenvalue weighted by Gasteiger charge is 2.55. The average molecular weight is 266 g/mol. The zero-order chi connectivity index (χ0) is 12.7. The molecular weight excluding hydrogens is 251 g/mol. The smallest absolute Gasteiger partial charge is 0.314 e. The lowest BCUT2D eigenvalue weighted by Gasteiger charge is -2.50. The van der Waals surface area contributed by atoms with Crippen molar-refractivity contribution in [2.45, 2.75) is 31.3 Å². The second-order valence-electron chi connectivity index (χ2n) is 4.93. The summed E-state index contributed by atoms with van der Waals surface area (Å²) < 4.78 is 44.3. The molecule has 98 valence electrons. The Bertz CT molecular complexity index is 405. The number of hydrogen-bond donors (Lipinski definition) is 0. The molecule has 2 bridgehead atoms. The van der Waals surface area contributed by atoms with Gasteiger partial charge in [0.05, 0.1) is 24.7 Å². The molecule has 7 heteroatoms. The van der Waals surface area contributed by atoms with Crippen LogP contribution in [0.5, 0.6) is 0 Å². The molecule has 17 heavy (non-hydrogen) atoms. The average Bonchev–Trinajstić information content (AvgIpc) is 2.27. The van der Waals surface area contributed by atoms with Crippen molar-refractivity contribution in [2.24, 2.45) is 5.41 Å². The molecule has 2 heterocycles. The zero-order valence-electron chi connectivity index (χ0n) is 9.57. The third kappa shape index (κ3) is 2.30. The Balaban J connectivity index is 2.12. The molecule has 0 unspecified atom stereocenters. The molecule has 1 saturated carbocycles. The summed E-state index contributed by atoms with van der Waals surface area (Å²) in [6.45, 7) is 0.120. The zero-order valence-corrected chi connectivity index (χ0v) is 10.4. The predicted molar refractivity (Wildman–Crippen MR) is 56.5 cm³/mol. The summed E-state index contributed by atoms with van der Waals surface area (Å²) >= 11 is 0. The fourth-order valence-electron chi connectivity index (χ4n) is 2.74. The Hall–Kier alpha value is -0.690. The van der Waals surface area contributed by atoms with E-state index in [0.717, 1.165) is 0 Å². The minimum atomic E-state index is -4.56. The van der Waals surface area contributed by atoms with Crippen LogP contribution in [0.1, 0.15) is 25.7 Å². The van der Waals surface area contributed by atoms with Crippen LogP contribution in [0.4, 0.5) is 3.89 Å². The Morgan fingerprint density at radius 1 is 1.35 bits per heavy atom. The Morgan fingerprint density at radius 3 is 2.29 bits per heavy atom. The molecule has 0 aromatic carbocycles. The number of ether oxygens (including phenoxy) is 2. The Labute approximate surface area is 99.5 Å². The number of esters is 1. The van der Waals surface area contributed by atoms with Gasteiger partial charge in [0.15, 0.2) is 0 Å². The van der Waals surface area contributed by atoms with E-state index in [2.05, 4.69) is 0 Å². The first kappa shape index (κ1) is 12.8. The first-order valence-corrected chi connectivity index (χ1v) is 7.01. The van der Waals surface area contributed by atoms with Crippen LogP contribution >= 0.6 is 0 Å². The summed E-state index contributed by atoms with van der Waals surface area (Å²) in [6, 6.07) is 0. The second-order valence-corrected chi connectivity index (χ2v) is 6.29. The number of carbonyl (C=O) groups is 1. The predicted octanol–water partition coefficient (Wildman–Crippen LogP) is 0.788.